The van der Waals surface area contributed by atoms with E-state index in [1.165, 1.54) is 0 Å². The third-order valence-electron chi connectivity index (χ3n) is 1.75. The number of carboxylic acids is 1. The van der Waals surface area contributed by atoms with Crippen LogP contribution in [0.3, 0.4) is 0 Å². The summed E-state index contributed by atoms with van der Waals surface area (Å²) in [4.78, 5) is 15.8. The molecule has 0 saturated heterocycles. The van der Waals surface area contributed by atoms with Crippen LogP contribution < -0.4 is 0 Å². The molecule has 66 valence electrons. The second-order valence-electron chi connectivity index (χ2n) is 2.61. The molecular weight excluding hydrogens is 186 g/mol. The van der Waals surface area contributed by atoms with Gasteiger partial charge >= 0.3 is 5.97 Å². The smallest absolute Gasteiger partial charge is 0.335 e. The molecule has 1 aromatic carbocycles. The van der Waals surface area contributed by atoms with E-state index in [9.17, 15) is 4.79 Å². The molecule has 1 N–H and O–H groups in total. The molecular formula is C9H7NO2S. The Morgan fingerprint density at radius 1 is 1.54 bits per heavy atom. The first kappa shape index (κ1) is 8.31. The van der Waals surface area contributed by atoms with Gasteiger partial charge in [0.05, 0.1) is 11.3 Å². The maximum absolute atomic E-state index is 10.6. The second kappa shape index (κ2) is 3.22. The van der Waals surface area contributed by atoms with Gasteiger partial charge in [0.2, 0.25) is 0 Å². The molecule has 1 aliphatic rings. The minimum atomic E-state index is -0.909. The van der Waals surface area contributed by atoms with E-state index in [4.69, 9.17) is 5.11 Å². The number of fused-ring (bicyclic) bond motifs is 1. The number of hydrogen-bond acceptors (Lipinski definition) is 3. The van der Waals surface area contributed by atoms with Gasteiger partial charge in [-0.25, -0.2) is 4.79 Å². The van der Waals surface area contributed by atoms with Crippen LogP contribution in [0.15, 0.2) is 28.1 Å². The zero-order valence-corrected chi connectivity index (χ0v) is 7.54. The van der Waals surface area contributed by atoms with Crippen molar-refractivity contribution >= 4 is 29.6 Å². The monoisotopic (exact) mass is 193 g/mol. The molecule has 0 spiro atoms. The molecule has 0 atom stereocenters. The topological polar surface area (TPSA) is 49.7 Å². The molecule has 0 bridgehead atoms. The quantitative estimate of drug-likeness (QED) is 0.743. The van der Waals surface area contributed by atoms with Crippen LogP contribution in [0, 0.1) is 0 Å². The van der Waals surface area contributed by atoms with Crippen molar-refractivity contribution in [2.24, 2.45) is 4.99 Å². The standard InChI is InChI=1S/C9H7NO2S/c11-9(12)6-1-2-8-7(5-6)10-3-4-13-8/h1-3,5H,4H2,(H,11,12). The minimum absolute atomic E-state index is 0.290. The van der Waals surface area contributed by atoms with Crippen LogP contribution in [-0.4, -0.2) is 23.0 Å². The molecule has 1 heterocycles. The highest BCUT2D eigenvalue weighted by Gasteiger charge is 2.09. The van der Waals surface area contributed by atoms with Gasteiger partial charge in [0, 0.05) is 16.9 Å². The molecule has 0 amide bonds. The van der Waals surface area contributed by atoms with Crippen LogP contribution >= 0.6 is 11.8 Å². The third kappa shape index (κ3) is 1.58. The van der Waals surface area contributed by atoms with Gasteiger partial charge in [-0.05, 0) is 18.2 Å². The molecule has 2 rings (SSSR count). The first-order valence-corrected chi connectivity index (χ1v) is 4.78. The molecule has 0 aromatic heterocycles. The van der Waals surface area contributed by atoms with Crippen molar-refractivity contribution in [1.29, 1.82) is 0 Å². The molecule has 0 radical (unpaired) electrons. The molecule has 0 fully saturated rings. The fourth-order valence-electron chi connectivity index (χ4n) is 1.14. The molecule has 13 heavy (non-hydrogen) atoms. The van der Waals surface area contributed by atoms with E-state index in [2.05, 4.69) is 4.99 Å². The lowest BCUT2D eigenvalue weighted by Crippen LogP contribution is -1.97. The van der Waals surface area contributed by atoms with Crippen LogP contribution in [0.5, 0.6) is 0 Å². The predicted molar refractivity (Wildman–Crippen MR) is 52.3 cm³/mol. The lowest BCUT2D eigenvalue weighted by Gasteiger charge is -2.08. The molecule has 0 unspecified atom stereocenters. The summed E-state index contributed by atoms with van der Waals surface area (Å²) in [5, 5.41) is 8.73. The first-order chi connectivity index (χ1) is 6.27. The van der Waals surface area contributed by atoms with E-state index < -0.39 is 5.97 Å². The van der Waals surface area contributed by atoms with Crippen LogP contribution in [0.2, 0.25) is 0 Å². The van der Waals surface area contributed by atoms with Crippen molar-refractivity contribution in [2.45, 2.75) is 4.90 Å². The maximum Gasteiger partial charge on any atom is 0.335 e. The number of thioether (sulfide) groups is 1. The summed E-state index contributed by atoms with van der Waals surface area (Å²) in [5.41, 5.74) is 1.05. The van der Waals surface area contributed by atoms with Gasteiger partial charge in [-0.3, -0.25) is 4.99 Å². The van der Waals surface area contributed by atoms with Crippen molar-refractivity contribution in [2.75, 3.05) is 5.75 Å². The van der Waals surface area contributed by atoms with Crippen molar-refractivity contribution in [3.05, 3.63) is 23.8 Å². The predicted octanol–water partition coefficient (Wildman–Crippen LogP) is 2.19. The summed E-state index contributed by atoms with van der Waals surface area (Å²) < 4.78 is 0. The van der Waals surface area contributed by atoms with Gasteiger partial charge in [-0.15, -0.1) is 11.8 Å². The van der Waals surface area contributed by atoms with Gasteiger partial charge in [0.15, 0.2) is 0 Å². The molecule has 1 aromatic rings. The number of hydrogen-bond donors (Lipinski definition) is 1. The average molecular weight is 193 g/mol. The van der Waals surface area contributed by atoms with Crippen molar-refractivity contribution in [1.82, 2.24) is 0 Å². The highest BCUT2D eigenvalue weighted by molar-refractivity contribution is 8.00. The molecule has 1 aliphatic heterocycles. The number of nitrogens with zero attached hydrogens (tertiary/aromatic N) is 1. The fraction of sp³-hybridized carbons (Fsp3) is 0.111. The van der Waals surface area contributed by atoms with Gasteiger partial charge in [0.25, 0.3) is 0 Å². The van der Waals surface area contributed by atoms with E-state index in [1.807, 2.05) is 0 Å². The average Bonchev–Trinajstić information content (AvgIpc) is 2.17. The zero-order valence-electron chi connectivity index (χ0n) is 6.73. The number of aliphatic imine (C=N–C) groups is 1. The Labute approximate surface area is 79.5 Å². The number of carbonyl (C=O) groups is 1. The molecule has 4 heteroatoms. The normalized spacial score (nSPS) is 13.8. The van der Waals surface area contributed by atoms with E-state index in [0.29, 0.717) is 5.56 Å². The Morgan fingerprint density at radius 2 is 2.38 bits per heavy atom. The maximum atomic E-state index is 10.6. The Balaban J connectivity index is 2.48. The number of carboxylic acid groups (broad SMARTS) is 1. The number of rotatable bonds is 1. The SMILES string of the molecule is O=C(O)c1ccc2c(c1)N=CCS2. The number of benzene rings is 1. The Morgan fingerprint density at radius 3 is 3.15 bits per heavy atom. The highest BCUT2D eigenvalue weighted by atomic mass is 32.2. The van der Waals surface area contributed by atoms with E-state index in [1.54, 1.807) is 36.2 Å². The molecule has 0 aliphatic carbocycles. The first-order valence-electron chi connectivity index (χ1n) is 3.80. The molecule has 0 saturated carbocycles. The van der Waals surface area contributed by atoms with Crippen molar-refractivity contribution < 1.29 is 9.90 Å². The largest absolute Gasteiger partial charge is 0.478 e. The summed E-state index contributed by atoms with van der Waals surface area (Å²) in [7, 11) is 0. The van der Waals surface area contributed by atoms with Crippen LogP contribution in [0.25, 0.3) is 0 Å². The summed E-state index contributed by atoms with van der Waals surface area (Å²) in [6.45, 7) is 0. The lowest BCUT2D eigenvalue weighted by atomic mass is 10.2. The van der Waals surface area contributed by atoms with Crippen molar-refractivity contribution in [3.63, 3.8) is 0 Å². The van der Waals surface area contributed by atoms with E-state index in [0.717, 1.165) is 16.3 Å². The summed E-state index contributed by atoms with van der Waals surface area (Å²) in [6, 6.07) is 5.01. The number of aromatic carboxylic acids is 1. The second-order valence-corrected chi connectivity index (χ2v) is 3.67. The van der Waals surface area contributed by atoms with Gasteiger partial charge in [-0.1, -0.05) is 0 Å². The third-order valence-corrected chi connectivity index (χ3v) is 2.72. The Hall–Kier alpha value is -1.29. The minimum Gasteiger partial charge on any atom is -0.478 e. The summed E-state index contributed by atoms with van der Waals surface area (Å²) in [6.07, 6.45) is 1.79. The van der Waals surface area contributed by atoms with Gasteiger partial charge < -0.3 is 5.11 Å². The fourth-order valence-corrected chi connectivity index (χ4v) is 1.89. The summed E-state index contributed by atoms with van der Waals surface area (Å²) in [5.74, 6) is -0.0482. The Bertz CT molecular complexity index is 387. The van der Waals surface area contributed by atoms with Crippen LogP contribution in [-0.2, 0) is 0 Å². The summed E-state index contributed by atoms with van der Waals surface area (Å²) >= 11 is 1.67. The Kier molecular flexibility index (Phi) is 2.06. The van der Waals surface area contributed by atoms with Crippen molar-refractivity contribution in [3.8, 4) is 0 Å². The van der Waals surface area contributed by atoms with Gasteiger partial charge in [-0.2, -0.15) is 0 Å². The zero-order chi connectivity index (χ0) is 9.26. The van der Waals surface area contributed by atoms with E-state index in [-0.39, 0.29) is 0 Å². The molecule has 3 nitrogen and oxygen atoms in total. The lowest BCUT2D eigenvalue weighted by molar-refractivity contribution is 0.0697. The van der Waals surface area contributed by atoms with Gasteiger partial charge in [0.1, 0.15) is 0 Å². The van der Waals surface area contributed by atoms with E-state index >= 15 is 0 Å². The van der Waals surface area contributed by atoms with Crippen LogP contribution in [0.1, 0.15) is 10.4 Å². The van der Waals surface area contributed by atoms with Crippen LogP contribution in [0.4, 0.5) is 5.69 Å². The highest BCUT2D eigenvalue weighted by Crippen LogP contribution is 2.32.